The van der Waals surface area contributed by atoms with E-state index in [1.165, 1.54) is 37.4 Å². The molecule has 116 valence electrons. The summed E-state index contributed by atoms with van der Waals surface area (Å²) in [6, 6.07) is 8.54. The molecule has 0 radical (unpaired) electrons. The molecule has 0 heterocycles. The Hall–Kier alpha value is -2.77. The number of hydrogen-bond acceptors (Lipinski definition) is 4. The second kappa shape index (κ2) is 5.92. The lowest BCUT2D eigenvalue weighted by Gasteiger charge is -2.10. The first-order valence-electron chi connectivity index (χ1n) is 6.08. The van der Waals surface area contributed by atoms with Gasteiger partial charge in [-0.25, -0.2) is 0 Å². The summed E-state index contributed by atoms with van der Waals surface area (Å²) in [5.41, 5.74) is -0.252. The first-order chi connectivity index (χ1) is 10.3. The first-order valence-corrected chi connectivity index (χ1v) is 6.08. The van der Waals surface area contributed by atoms with Gasteiger partial charge in [0.1, 0.15) is 0 Å². The Morgan fingerprint density at radius 1 is 1.09 bits per heavy atom. The fraction of sp³-hybridized carbons (Fsp3) is 0.143. The third-order valence-electron chi connectivity index (χ3n) is 2.88. The van der Waals surface area contributed by atoms with Crippen LogP contribution in [0.5, 0.6) is 5.75 Å². The van der Waals surface area contributed by atoms with Gasteiger partial charge >= 0.3 is 11.9 Å². The van der Waals surface area contributed by atoms with Gasteiger partial charge in [-0.05, 0) is 36.4 Å². The van der Waals surface area contributed by atoms with Gasteiger partial charge in [0.2, 0.25) is 0 Å². The summed E-state index contributed by atoms with van der Waals surface area (Å²) in [7, 11) is 1.31. The van der Waals surface area contributed by atoms with E-state index in [1.54, 1.807) is 0 Å². The van der Waals surface area contributed by atoms with Crippen LogP contribution >= 0.6 is 0 Å². The fourth-order valence-corrected chi connectivity index (χ4v) is 1.82. The van der Waals surface area contributed by atoms with Crippen molar-refractivity contribution < 1.29 is 22.8 Å². The van der Waals surface area contributed by atoms with Crippen LogP contribution in [0.2, 0.25) is 0 Å². The van der Waals surface area contributed by atoms with Gasteiger partial charge in [0, 0.05) is 17.4 Å². The molecule has 0 aliphatic rings. The van der Waals surface area contributed by atoms with Crippen LogP contribution in [0, 0.1) is 10.1 Å². The highest BCUT2D eigenvalue weighted by atomic mass is 19.4. The number of anilines is 2. The minimum atomic E-state index is -4.41. The Kier molecular flexibility index (Phi) is 4.20. The van der Waals surface area contributed by atoms with Crippen molar-refractivity contribution in [2.24, 2.45) is 0 Å². The molecule has 2 rings (SSSR count). The van der Waals surface area contributed by atoms with E-state index >= 15 is 0 Å². The summed E-state index contributed by atoms with van der Waals surface area (Å²) in [4.78, 5) is 10.3. The number of methoxy groups -OCH3 is 1. The van der Waals surface area contributed by atoms with Gasteiger partial charge in [0.15, 0.2) is 5.75 Å². The Morgan fingerprint density at radius 3 is 2.18 bits per heavy atom. The van der Waals surface area contributed by atoms with Crippen LogP contribution < -0.4 is 10.1 Å². The largest absolute Gasteiger partial charge is 0.490 e. The average molecular weight is 312 g/mol. The van der Waals surface area contributed by atoms with E-state index in [0.717, 1.165) is 12.1 Å². The Labute approximate surface area is 123 Å². The van der Waals surface area contributed by atoms with E-state index in [2.05, 4.69) is 5.32 Å². The molecule has 5 nitrogen and oxygen atoms in total. The van der Waals surface area contributed by atoms with Gasteiger partial charge in [0.05, 0.1) is 17.6 Å². The monoisotopic (exact) mass is 312 g/mol. The number of rotatable bonds is 4. The molecule has 0 aromatic heterocycles. The second-order valence-electron chi connectivity index (χ2n) is 4.34. The zero-order chi connectivity index (χ0) is 16.3. The van der Waals surface area contributed by atoms with Gasteiger partial charge in [0.25, 0.3) is 0 Å². The molecule has 0 unspecified atom stereocenters. The van der Waals surface area contributed by atoms with Crippen LogP contribution in [-0.2, 0) is 6.18 Å². The molecule has 22 heavy (non-hydrogen) atoms. The molecule has 0 saturated carbocycles. The number of nitrogens with zero attached hydrogens (tertiary/aromatic N) is 1. The normalized spacial score (nSPS) is 11.1. The van der Waals surface area contributed by atoms with Crippen molar-refractivity contribution in [3.05, 3.63) is 58.1 Å². The van der Waals surface area contributed by atoms with Crippen molar-refractivity contribution in [3.8, 4) is 5.75 Å². The lowest BCUT2D eigenvalue weighted by atomic mass is 10.2. The molecular formula is C14H11F3N2O3. The summed E-state index contributed by atoms with van der Waals surface area (Å²) in [5.74, 6) is 0.1000. The van der Waals surface area contributed by atoms with E-state index in [9.17, 15) is 23.3 Å². The maximum Gasteiger partial charge on any atom is 0.416 e. The number of hydrogen-bond donors (Lipinski definition) is 1. The van der Waals surface area contributed by atoms with Crippen LogP contribution in [0.4, 0.5) is 30.2 Å². The van der Waals surface area contributed by atoms with Crippen LogP contribution in [0.1, 0.15) is 5.56 Å². The summed E-state index contributed by atoms with van der Waals surface area (Å²) in [6.45, 7) is 0. The molecule has 0 bridgehead atoms. The van der Waals surface area contributed by atoms with Crippen LogP contribution in [0.3, 0.4) is 0 Å². The number of nitro benzene ring substituents is 1. The standard InChI is InChI=1S/C14H11F3N2O3/c1-22-13-7-6-11(8-12(13)19(20)21)18-10-4-2-9(3-5-10)14(15,16)17/h2-8,18H,1H3. The molecule has 0 spiro atoms. The Morgan fingerprint density at radius 2 is 1.68 bits per heavy atom. The van der Waals surface area contributed by atoms with Crippen molar-refractivity contribution in [1.82, 2.24) is 0 Å². The third kappa shape index (κ3) is 3.46. The van der Waals surface area contributed by atoms with Crippen molar-refractivity contribution in [1.29, 1.82) is 0 Å². The molecule has 1 N–H and O–H groups in total. The smallest absolute Gasteiger partial charge is 0.416 e. The highest BCUT2D eigenvalue weighted by Crippen LogP contribution is 2.32. The Balaban J connectivity index is 2.24. The van der Waals surface area contributed by atoms with E-state index in [-0.39, 0.29) is 11.4 Å². The lowest BCUT2D eigenvalue weighted by Crippen LogP contribution is -2.04. The fourth-order valence-electron chi connectivity index (χ4n) is 1.82. The molecule has 0 saturated heterocycles. The van der Waals surface area contributed by atoms with E-state index in [0.29, 0.717) is 11.4 Å². The highest BCUT2D eigenvalue weighted by molar-refractivity contribution is 5.65. The van der Waals surface area contributed by atoms with Gasteiger partial charge in [-0.3, -0.25) is 10.1 Å². The van der Waals surface area contributed by atoms with Gasteiger partial charge in [-0.2, -0.15) is 13.2 Å². The third-order valence-corrected chi connectivity index (χ3v) is 2.88. The maximum absolute atomic E-state index is 12.5. The van der Waals surface area contributed by atoms with Crippen molar-refractivity contribution in [2.45, 2.75) is 6.18 Å². The van der Waals surface area contributed by atoms with Crippen molar-refractivity contribution in [2.75, 3.05) is 12.4 Å². The van der Waals surface area contributed by atoms with E-state index in [1.807, 2.05) is 0 Å². The molecule has 0 aliphatic carbocycles. The number of benzene rings is 2. The van der Waals surface area contributed by atoms with Crippen molar-refractivity contribution in [3.63, 3.8) is 0 Å². The molecule has 2 aromatic carbocycles. The summed E-state index contributed by atoms with van der Waals surface area (Å²) >= 11 is 0. The zero-order valence-electron chi connectivity index (χ0n) is 11.3. The Bertz CT molecular complexity index is 685. The lowest BCUT2D eigenvalue weighted by molar-refractivity contribution is -0.385. The SMILES string of the molecule is COc1ccc(Nc2ccc(C(F)(F)F)cc2)cc1[N+](=O)[O-]. The number of nitro groups is 1. The van der Waals surface area contributed by atoms with Gasteiger partial charge in [-0.1, -0.05) is 0 Å². The molecule has 8 heteroatoms. The molecule has 0 fully saturated rings. The van der Waals surface area contributed by atoms with Crippen LogP contribution in [-0.4, -0.2) is 12.0 Å². The molecule has 0 aliphatic heterocycles. The van der Waals surface area contributed by atoms with Gasteiger partial charge < -0.3 is 10.1 Å². The number of alkyl halides is 3. The highest BCUT2D eigenvalue weighted by Gasteiger charge is 2.29. The number of halogens is 3. The molecule has 0 atom stereocenters. The molecule has 2 aromatic rings. The second-order valence-corrected chi connectivity index (χ2v) is 4.34. The summed E-state index contributed by atoms with van der Waals surface area (Å²) < 4.78 is 42.3. The predicted molar refractivity (Wildman–Crippen MR) is 74.4 cm³/mol. The minimum Gasteiger partial charge on any atom is -0.490 e. The number of nitrogens with one attached hydrogen (secondary N) is 1. The maximum atomic E-state index is 12.5. The van der Waals surface area contributed by atoms with E-state index < -0.39 is 16.7 Å². The minimum absolute atomic E-state index is 0.1000. The zero-order valence-corrected chi connectivity index (χ0v) is 11.3. The van der Waals surface area contributed by atoms with E-state index in [4.69, 9.17) is 4.74 Å². The van der Waals surface area contributed by atoms with Crippen LogP contribution in [0.15, 0.2) is 42.5 Å². The predicted octanol–water partition coefficient (Wildman–Crippen LogP) is 4.37. The van der Waals surface area contributed by atoms with Crippen LogP contribution in [0.25, 0.3) is 0 Å². The quantitative estimate of drug-likeness (QED) is 0.672. The molecular weight excluding hydrogens is 301 g/mol. The first kappa shape index (κ1) is 15.6. The summed E-state index contributed by atoms with van der Waals surface area (Å²) in [6.07, 6.45) is -4.41. The summed E-state index contributed by atoms with van der Waals surface area (Å²) in [5, 5.41) is 13.7. The van der Waals surface area contributed by atoms with Gasteiger partial charge in [-0.15, -0.1) is 0 Å². The average Bonchev–Trinajstić information content (AvgIpc) is 2.46. The number of ether oxygens (including phenoxy) is 1. The topological polar surface area (TPSA) is 64.4 Å². The van der Waals surface area contributed by atoms with Crippen molar-refractivity contribution >= 4 is 17.1 Å². The molecule has 0 amide bonds.